The zero-order valence-corrected chi connectivity index (χ0v) is 15.4. The Morgan fingerprint density at radius 1 is 1.04 bits per heavy atom. The van der Waals surface area contributed by atoms with Crippen molar-refractivity contribution in [3.63, 3.8) is 0 Å². The first kappa shape index (κ1) is 17.3. The Hall–Kier alpha value is -1.56. The summed E-state index contributed by atoms with van der Waals surface area (Å²) in [5.41, 5.74) is 0.847. The summed E-state index contributed by atoms with van der Waals surface area (Å²) in [6, 6.07) is 9.08. The van der Waals surface area contributed by atoms with Crippen LogP contribution in [0.5, 0.6) is 0 Å². The molecule has 2 heterocycles. The molecule has 2 aromatic rings. The van der Waals surface area contributed by atoms with E-state index in [-0.39, 0.29) is 5.91 Å². The first-order chi connectivity index (χ1) is 11.5. The van der Waals surface area contributed by atoms with Gasteiger partial charge in [-0.2, -0.15) is 0 Å². The smallest absolute Gasteiger partial charge is 0.219 e. The Morgan fingerprint density at radius 2 is 1.71 bits per heavy atom. The topological polar surface area (TPSA) is 36.7 Å². The molecular formula is C17H16Cl2N2O2S. The Labute approximate surface area is 155 Å². The number of carbonyl (C=O) groups excluding carboxylic acids is 1. The van der Waals surface area contributed by atoms with Crippen molar-refractivity contribution >= 4 is 46.3 Å². The molecule has 0 bridgehead atoms. The molecule has 0 N–H and O–H groups in total. The average molecular weight is 383 g/mol. The molecule has 1 aliphatic heterocycles. The molecule has 0 radical (unpaired) electrons. The summed E-state index contributed by atoms with van der Waals surface area (Å²) < 4.78 is 5.89. The van der Waals surface area contributed by atoms with Gasteiger partial charge in [-0.3, -0.25) is 4.79 Å². The number of carbonyl (C=O) groups is 1. The van der Waals surface area contributed by atoms with Crippen molar-refractivity contribution < 1.29 is 9.21 Å². The number of thiocarbonyl (C=S) groups is 1. The molecule has 1 fully saturated rings. The van der Waals surface area contributed by atoms with Crippen LogP contribution in [0.4, 0.5) is 0 Å². The molecule has 0 unspecified atom stereocenters. The molecule has 24 heavy (non-hydrogen) atoms. The Morgan fingerprint density at radius 3 is 2.33 bits per heavy atom. The van der Waals surface area contributed by atoms with E-state index in [0.717, 1.165) is 5.56 Å². The van der Waals surface area contributed by atoms with Gasteiger partial charge in [-0.05, 0) is 30.3 Å². The van der Waals surface area contributed by atoms with Crippen molar-refractivity contribution in [3.05, 3.63) is 46.1 Å². The standard InChI is InChI=1S/C17H16Cl2N2O2S/c1-11(22)20-6-8-21(9-7-20)17(24)16-5-4-15(23-16)12-2-3-13(18)14(19)10-12/h2-5,10H,6-9H2,1H3. The normalized spacial score (nSPS) is 14.8. The summed E-state index contributed by atoms with van der Waals surface area (Å²) in [5, 5.41) is 0.987. The SMILES string of the molecule is CC(=O)N1CCN(C(=S)c2ccc(-c3ccc(Cl)c(Cl)c3)o2)CC1. The number of benzene rings is 1. The maximum absolute atomic E-state index is 11.4. The molecular weight excluding hydrogens is 367 g/mol. The second-order valence-electron chi connectivity index (χ2n) is 5.59. The zero-order chi connectivity index (χ0) is 17.3. The van der Waals surface area contributed by atoms with Crippen molar-refractivity contribution in [1.82, 2.24) is 9.80 Å². The van der Waals surface area contributed by atoms with E-state index in [4.69, 9.17) is 39.8 Å². The van der Waals surface area contributed by atoms with Crippen LogP contribution in [0, 0.1) is 0 Å². The molecule has 0 aliphatic carbocycles. The molecule has 0 atom stereocenters. The van der Waals surface area contributed by atoms with Gasteiger partial charge in [0.2, 0.25) is 5.91 Å². The van der Waals surface area contributed by atoms with E-state index in [0.29, 0.717) is 52.7 Å². The van der Waals surface area contributed by atoms with Gasteiger partial charge in [0.15, 0.2) is 5.76 Å². The number of piperazine rings is 1. The Kier molecular flexibility index (Phi) is 5.13. The van der Waals surface area contributed by atoms with Gasteiger partial charge in [-0.1, -0.05) is 35.4 Å². The van der Waals surface area contributed by atoms with Crippen molar-refractivity contribution in [2.75, 3.05) is 26.2 Å². The van der Waals surface area contributed by atoms with Gasteiger partial charge < -0.3 is 14.2 Å². The van der Waals surface area contributed by atoms with Crippen LogP contribution in [0.2, 0.25) is 10.0 Å². The molecule has 0 spiro atoms. The third kappa shape index (κ3) is 3.58. The van der Waals surface area contributed by atoms with Gasteiger partial charge in [0.05, 0.1) is 10.0 Å². The van der Waals surface area contributed by atoms with Crippen molar-refractivity contribution in [1.29, 1.82) is 0 Å². The van der Waals surface area contributed by atoms with Crippen LogP contribution in [-0.2, 0) is 4.79 Å². The number of rotatable bonds is 2. The number of hydrogen-bond acceptors (Lipinski definition) is 3. The molecule has 1 aromatic heterocycles. The lowest BCUT2D eigenvalue weighted by Gasteiger charge is -2.35. The quantitative estimate of drug-likeness (QED) is 0.732. The van der Waals surface area contributed by atoms with Crippen molar-refractivity contribution in [3.8, 4) is 11.3 Å². The minimum atomic E-state index is 0.0977. The third-order valence-corrected chi connectivity index (χ3v) is 5.23. The lowest BCUT2D eigenvalue weighted by Crippen LogP contribution is -2.49. The van der Waals surface area contributed by atoms with Crippen LogP contribution in [0.3, 0.4) is 0 Å². The number of amides is 1. The fourth-order valence-electron chi connectivity index (χ4n) is 2.64. The summed E-state index contributed by atoms with van der Waals surface area (Å²) in [6.07, 6.45) is 0. The molecule has 1 amide bonds. The van der Waals surface area contributed by atoms with E-state index in [9.17, 15) is 4.79 Å². The summed E-state index contributed by atoms with van der Waals surface area (Å²) in [4.78, 5) is 15.9. The monoisotopic (exact) mass is 382 g/mol. The van der Waals surface area contributed by atoms with Crippen LogP contribution >= 0.6 is 35.4 Å². The number of furan rings is 1. The zero-order valence-electron chi connectivity index (χ0n) is 13.1. The van der Waals surface area contributed by atoms with Crippen molar-refractivity contribution in [2.45, 2.75) is 6.92 Å². The fraction of sp³-hybridized carbons (Fsp3) is 0.294. The van der Waals surface area contributed by atoms with Crippen LogP contribution in [0.15, 0.2) is 34.7 Å². The second-order valence-corrected chi connectivity index (χ2v) is 6.79. The second kappa shape index (κ2) is 7.13. The van der Waals surface area contributed by atoms with Crippen molar-refractivity contribution in [2.24, 2.45) is 0 Å². The summed E-state index contributed by atoms with van der Waals surface area (Å²) in [5.74, 6) is 1.43. The van der Waals surface area contributed by atoms with Gasteiger partial charge >= 0.3 is 0 Å². The van der Waals surface area contributed by atoms with Gasteiger partial charge in [0.1, 0.15) is 10.7 Å². The summed E-state index contributed by atoms with van der Waals surface area (Å²) in [7, 11) is 0. The van der Waals surface area contributed by atoms with Gasteiger partial charge in [0.25, 0.3) is 0 Å². The minimum Gasteiger partial charge on any atom is -0.454 e. The molecule has 4 nitrogen and oxygen atoms in total. The van der Waals surface area contributed by atoms with Gasteiger partial charge in [0, 0.05) is 38.7 Å². The first-order valence-corrected chi connectivity index (χ1v) is 8.72. The largest absolute Gasteiger partial charge is 0.454 e. The molecule has 126 valence electrons. The van der Waals surface area contributed by atoms with E-state index in [1.165, 1.54) is 0 Å². The lowest BCUT2D eigenvalue weighted by atomic mass is 10.2. The van der Waals surface area contributed by atoms with E-state index >= 15 is 0 Å². The Bertz CT molecular complexity index is 783. The summed E-state index contributed by atoms with van der Waals surface area (Å²) in [6.45, 7) is 4.36. The van der Waals surface area contributed by atoms with Gasteiger partial charge in [-0.15, -0.1) is 0 Å². The fourth-order valence-corrected chi connectivity index (χ4v) is 3.23. The molecule has 1 aromatic carbocycles. The van der Waals surface area contributed by atoms with Gasteiger partial charge in [-0.25, -0.2) is 0 Å². The minimum absolute atomic E-state index is 0.0977. The van der Waals surface area contributed by atoms with Crippen LogP contribution in [0.1, 0.15) is 12.7 Å². The highest BCUT2D eigenvalue weighted by Gasteiger charge is 2.22. The number of hydrogen-bond donors (Lipinski definition) is 0. The van der Waals surface area contributed by atoms with Crippen LogP contribution in [0.25, 0.3) is 11.3 Å². The third-order valence-electron chi connectivity index (χ3n) is 4.03. The van der Waals surface area contributed by atoms with E-state index in [1.54, 1.807) is 19.1 Å². The van der Waals surface area contributed by atoms with E-state index in [1.807, 2.05) is 23.1 Å². The number of nitrogens with zero attached hydrogens (tertiary/aromatic N) is 2. The Balaban J connectivity index is 1.72. The number of halogens is 2. The van der Waals surface area contributed by atoms with Crippen LogP contribution in [-0.4, -0.2) is 46.9 Å². The predicted octanol–water partition coefficient (Wildman–Crippen LogP) is 4.09. The molecule has 7 heteroatoms. The molecule has 0 saturated carbocycles. The maximum atomic E-state index is 11.4. The maximum Gasteiger partial charge on any atom is 0.219 e. The highest BCUT2D eigenvalue weighted by Crippen LogP contribution is 2.30. The van der Waals surface area contributed by atoms with Crippen LogP contribution < -0.4 is 0 Å². The summed E-state index contributed by atoms with van der Waals surface area (Å²) >= 11 is 17.5. The predicted molar refractivity (Wildman–Crippen MR) is 99.7 cm³/mol. The molecule has 1 saturated heterocycles. The average Bonchev–Trinajstić information content (AvgIpc) is 3.07. The lowest BCUT2D eigenvalue weighted by molar-refractivity contribution is -0.130. The molecule has 3 rings (SSSR count). The molecule has 1 aliphatic rings. The first-order valence-electron chi connectivity index (χ1n) is 7.56. The highest BCUT2D eigenvalue weighted by molar-refractivity contribution is 7.80. The van der Waals surface area contributed by atoms with E-state index < -0.39 is 0 Å². The van der Waals surface area contributed by atoms with E-state index in [2.05, 4.69) is 4.90 Å². The highest BCUT2D eigenvalue weighted by atomic mass is 35.5.